The number of likely N-dealkylation sites (N-methyl/N-ethyl adjacent to an activating group) is 1. The third-order valence-corrected chi connectivity index (χ3v) is 2.24. The van der Waals surface area contributed by atoms with Gasteiger partial charge in [0.25, 0.3) is 0 Å². The molecule has 0 bridgehead atoms. The van der Waals surface area contributed by atoms with Crippen LogP contribution in [0.15, 0.2) is 17.4 Å². The van der Waals surface area contributed by atoms with E-state index in [1.54, 1.807) is 7.05 Å². The number of aliphatic hydroxyl groups excluding tert-OH is 1. The monoisotopic (exact) mass is 255 g/mol. The number of aromatic nitrogens is 1. The number of aliphatic hydroxyl groups is 1. The maximum absolute atomic E-state index is 10.9. The molecule has 1 rings (SSSR count). The molecule has 9 heteroatoms. The average Bonchev–Trinajstić information content (AvgIpc) is 2.37. The summed E-state index contributed by atoms with van der Waals surface area (Å²) in [5.41, 5.74) is 5.19. The van der Waals surface area contributed by atoms with E-state index >= 15 is 0 Å². The van der Waals surface area contributed by atoms with E-state index in [0.717, 1.165) is 6.07 Å². The van der Waals surface area contributed by atoms with Crippen LogP contribution < -0.4 is 10.6 Å². The Morgan fingerprint density at radius 1 is 1.72 bits per heavy atom. The summed E-state index contributed by atoms with van der Waals surface area (Å²) in [6.07, 6.45) is 1.26. The van der Waals surface area contributed by atoms with Crippen LogP contribution in [-0.2, 0) is 0 Å². The molecule has 0 spiro atoms. The highest BCUT2D eigenvalue weighted by atomic mass is 16.6. The molecule has 0 unspecified atom stereocenters. The lowest BCUT2D eigenvalue weighted by Gasteiger charge is -2.16. The van der Waals surface area contributed by atoms with E-state index in [9.17, 15) is 10.1 Å². The number of nitrogens with zero attached hydrogens (tertiary/aromatic N) is 4. The molecule has 4 N–H and O–H groups in total. The van der Waals surface area contributed by atoms with Crippen LogP contribution in [0.4, 0.5) is 11.5 Å². The first-order valence-corrected chi connectivity index (χ1v) is 4.95. The Labute approximate surface area is 102 Å². The van der Waals surface area contributed by atoms with E-state index in [2.05, 4.69) is 10.1 Å². The maximum atomic E-state index is 10.9. The van der Waals surface area contributed by atoms with Crippen molar-refractivity contribution in [3.05, 3.63) is 27.9 Å². The molecule has 0 saturated carbocycles. The summed E-state index contributed by atoms with van der Waals surface area (Å²) < 4.78 is 0. The van der Waals surface area contributed by atoms with Crippen LogP contribution in [0.3, 0.4) is 0 Å². The fourth-order valence-corrected chi connectivity index (χ4v) is 1.33. The van der Waals surface area contributed by atoms with Gasteiger partial charge in [0.15, 0.2) is 5.84 Å². The summed E-state index contributed by atoms with van der Waals surface area (Å²) in [5.74, 6) is -0.162. The van der Waals surface area contributed by atoms with Gasteiger partial charge in [-0.25, -0.2) is 4.98 Å². The molecule has 0 saturated heterocycles. The molecule has 0 radical (unpaired) electrons. The Morgan fingerprint density at radius 2 is 2.39 bits per heavy atom. The maximum Gasteiger partial charge on any atom is 0.312 e. The Kier molecular flexibility index (Phi) is 4.38. The quantitative estimate of drug-likeness (QED) is 0.212. The molecule has 1 aromatic rings. The van der Waals surface area contributed by atoms with E-state index in [0.29, 0.717) is 0 Å². The lowest BCUT2D eigenvalue weighted by Crippen LogP contribution is -2.24. The van der Waals surface area contributed by atoms with Gasteiger partial charge in [-0.3, -0.25) is 10.1 Å². The number of oxime groups is 1. The minimum absolute atomic E-state index is 0.100. The van der Waals surface area contributed by atoms with Crippen LogP contribution in [0.2, 0.25) is 0 Å². The van der Waals surface area contributed by atoms with Crippen molar-refractivity contribution >= 4 is 17.3 Å². The number of hydrogen-bond acceptors (Lipinski definition) is 7. The minimum Gasteiger partial charge on any atom is -0.409 e. The van der Waals surface area contributed by atoms with E-state index < -0.39 is 4.92 Å². The fraction of sp³-hybridized carbons (Fsp3) is 0.333. The molecule has 0 aliphatic rings. The van der Waals surface area contributed by atoms with Crippen molar-refractivity contribution in [2.45, 2.75) is 0 Å². The summed E-state index contributed by atoms with van der Waals surface area (Å²) in [5, 5.41) is 31.0. The van der Waals surface area contributed by atoms with Crippen molar-refractivity contribution in [3.63, 3.8) is 0 Å². The van der Waals surface area contributed by atoms with E-state index in [1.165, 1.54) is 11.1 Å². The number of pyridine rings is 1. The molecule has 0 aliphatic carbocycles. The van der Waals surface area contributed by atoms with Crippen LogP contribution in [-0.4, -0.2) is 46.3 Å². The number of rotatable bonds is 5. The van der Waals surface area contributed by atoms with E-state index in [1.807, 2.05) is 0 Å². The minimum atomic E-state index is -0.621. The molecule has 18 heavy (non-hydrogen) atoms. The molecular weight excluding hydrogens is 242 g/mol. The highest BCUT2D eigenvalue weighted by molar-refractivity contribution is 5.97. The molecule has 1 aromatic heterocycles. The third-order valence-electron chi connectivity index (χ3n) is 2.24. The Balaban J connectivity index is 3.25. The van der Waals surface area contributed by atoms with Crippen LogP contribution in [0.1, 0.15) is 5.56 Å². The molecule has 0 fully saturated rings. The first kappa shape index (κ1) is 13.6. The van der Waals surface area contributed by atoms with Crippen molar-refractivity contribution in [2.75, 3.05) is 25.1 Å². The van der Waals surface area contributed by atoms with Gasteiger partial charge in [-0.05, 0) is 0 Å². The van der Waals surface area contributed by atoms with Crippen LogP contribution in [0, 0.1) is 10.1 Å². The van der Waals surface area contributed by atoms with Crippen LogP contribution in [0.5, 0.6) is 0 Å². The standard InChI is InChI=1S/C9H13N5O4/c1-13(2-3-15)9-7(14(17)18)4-6(5-11-9)8(10)12-16/h4-5,15-16H,2-3H2,1H3,(H2,10,12). The second-order valence-corrected chi connectivity index (χ2v) is 3.45. The SMILES string of the molecule is CN(CCO)c1ncc(C(N)=NO)cc1[N+](=O)[O-]. The molecule has 0 aromatic carbocycles. The number of nitro groups is 1. The summed E-state index contributed by atoms with van der Waals surface area (Å²) >= 11 is 0. The predicted molar refractivity (Wildman–Crippen MR) is 63.8 cm³/mol. The van der Waals surface area contributed by atoms with E-state index in [-0.39, 0.29) is 36.1 Å². The lowest BCUT2D eigenvalue weighted by molar-refractivity contribution is -0.384. The third kappa shape index (κ3) is 2.83. The summed E-state index contributed by atoms with van der Waals surface area (Å²) in [6, 6.07) is 1.16. The summed E-state index contributed by atoms with van der Waals surface area (Å²) in [7, 11) is 1.56. The smallest absolute Gasteiger partial charge is 0.312 e. The van der Waals surface area contributed by atoms with Crippen LogP contribution in [0.25, 0.3) is 0 Å². The zero-order valence-electron chi connectivity index (χ0n) is 9.65. The normalized spacial score (nSPS) is 11.3. The van der Waals surface area contributed by atoms with Crippen molar-refractivity contribution in [3.8, 4) is 0 Å². The van der Waals surface area contributed by atoms with E-state index in [4.69, 9.17) is 16.0 Å². The zero-order valence-corrected chi connectivity index (χ0v) is 9.65. The summed E-state index contributed by atoms with van der Waals surface area (Å²) in [4.78, 5) is 15.6. The van der Waals surface area contributed by atoms with Crippen molar-refractivity contribution in [1.82, 2.24) is 4.98 Å². The Morgan fingerprint density at radius 3 is 2.89 bits per heavy atom. The molecule has 1 heterocycles. The largest absolute Gasteiger partial charge is 0.409 e. The van der Waals surface area contributed by atoms with Gasteiger partial charge in [0, 0.05) is 31.4 Å². The molecule has 0 amide bonds. The second kappa shape index (κ2) is 5.77. The van der Waals surface area contributed by atoms with Gasteiger partial charge in [-0.1, -0.05) is 5.16 Å². The number of anilines is 1. The van der Waals surface area contributed by atoms with Gasteiger partial charge < -0.3 is 20.9 Å². The van der Waals surface area contributed by atoms with Gasteiger partial charge in [0.05, 0.1) is 11.5 Å². The van der Waals surface area contributed by atoms with Crippen molar-refractivity contribution in [1.29, 1.82) is 0 Å². The molecule has 0 atom stereocenters. The van der Waals surface area contributed by atoms with Crippen molar-refractivity contribution in [2.24, 2.45) is 10.9 Å². The fourth-order valence-electron chi connectivity index (χ4n) is 1.33. The lowest BCUT2D eigenvalue weighted by atomic mass is 10.2. The second-order valence-electron chi connectivity index (χ2n) is 3.45. The van der Waals surface area contributed by atoms with Gasteiger partial charge in [-0.15, -0.1) is 0 Å². The van der Waals surface area contributed by atoms with Gasteiger partial charge in [-0.2, -0.15) is 0 Å². The summed E-state index contributed by atoms with van der Waals surface area (Å²) in [6.45, 7) is 0.0497. The van der Waals surface area contributed by atoms with Crippen LogP contribution >= 0.6 is 0 Å². The number of nitrogens with two attached hydrogens (primary N) is 1. The molecule has 98 valence electrons. The zero-order chi connectivity index (χ0) is 13.7. The molecule has 9 nitrogen and oxygen atoms in total. The molecule has 0 aliphatic heterocycles. The highest BCUT2D eigenvalue weighted by Crippen LogP contribution is 2.25. The topological polar surface area (TPSA) is 138 Å². The van der Waals surface area contributed by atoms with Gasteiger partial charge in [0.1, 0.15) is 0 Å². The van der Waals surface area contributed by atoms with Gasteiger partial charge >= 0.3 is 5.69 Å². The number of hydrogen-bond donors (Lipinski definition) is 3. The Bertz CT molecular complexity index is 476. The van der Waals surface area contributed by atoms with Crippen molar-refractivity contribution < 1.29 is 15.2 Å². The van der Waals surface area contributed by atoms with Gasteiger partial charge in [0.2, 0.25) is 5.82 Å². The first-order valence-electron chi connectivity index (χ1n) is 4.95. The number of amidine groups is 1. The predicted octanol–water partition coefficient (Wildman–Crippen LogP) is -0.487. The highest BCUT2D eigenvalue weighted by Gasteiger charge is 2.20. The first-order chi connectivity index (χ1) is 8.51. The molecular formula is C9H13N5O4. The Hall–Kier alpha value is -2.42. The average molecular weight is 255 g/mol.